The van der Waals surface area contributed by atoms with Crippen LogP contribution in [-0.4, -0.2) is 40.0 Å². The van der Waals surface area contributed by atoms with Crippen LogP contribution in [0.25, 0.3) is 10.2 Å². The number of carboxylic acids is 1. The topological polar surface area (TPSA) is 115 Å². The molecule has 0 bridgehead atoms. The lowest BCUT2D eigenvalue weighted by atomic mass is 10.0. The van der Waals surface area contributed by atoms with Crippen LogP contribution >= 0.6 is 11.3 Å². The number of ketones is 1. The largest absolute Gasteiger partial charge is 0.492 e. The second-order valence-corrected chi connectivity index (χ2v) is 9.80. The van der Waals surface area contributed by atoms with Crippen LogP contribution < -0.4 is 14.9 Å². The number of carbonyl (C=O) groups excluding carboxylic acids is 2. The molecule has 0 unspecified atom stereocenters. The number of carboxylic acid groups (broad SMARTS) is 1. The number of benzene rings is 3. The molecule has 4 aromatic rings. The maximum atomic E-state index is 12.8. The van der Waals surface area contributed by atoms with Crippen molar-refractivity contribution in [3.05, 3.63) is 99.2 Å². The third kappa shape index (κ3) is 6.54. The Balaban J connectivity index is 1.37. The third-order valence-electron chi connectivity index (χ3n) is 6.02. The Labute approximate surface area is 223 Å². The van der Waals surface area contributed by atoms with Gasteiger partial charge in [-0.3, -0.25) is 19.0 Å². The van der Waals surface area contributed by atoms with E-state index in [0.29, 0.717) is 29.8 Å². The molecular weight excluding hydrogens is 504 g/mol. The molecule has 1 aromatic heterocycles. The van der Waals surface area contributed by atoms with Crippen molar-refractivity contribution in [3.8, 4) is 5.75 Å². The number of aromatic nitrogens is 1. The summed E-state index contributed by atoms with van der Waals surface area (Å²) in [5, 5.41) is 12.0. The lowest BCUT2D eigenvalue weighted by molar-refractivity contribution is -0.141. The van der Waals surface area contributed by atoms with Crippen molar-refractivity contribution in [3.63, 3.8) is 0 Å². The number of hydrogen-bond donors (Lipinski definition) is 2. The average Bonchev–Trinajstić information content (AvgIpc) is 3.23. The van der Waals surface area contributed by atoms with E-state index < -0.39 is 12.0 Å². The summed E-state index contributed by atoms with van der Waals surface area (Å²) in [6, 6.07) is 20.3. The molecule has 196 valence electrons. The molecule has 0 radical (unpaired) electrons. The number of carbonyl (C=O) groups is 3. The van der Waals surface area contributed by atoms with Gasteiger partial charge in [0.25, 0.3) is 0 Å². The Morgan fingerprint density at radius 3 is 2.42 bits per heavy atom. The summed E-state index contributed by atoms with van der Waals surface area (Å²) in [5.41, 5.74) is 2.62. The Morgan fingerprint density at radius 1 is 1.00 bits per heavy atom. The zero-order chi connectivity index (χ0) is 27.1. The van der Waals surface area contributed by atoms with E-state index >= 15 is 0 Å². The summed E-state index contributed by atoms with van der Waals surface area (Å²) in [5.74, 6) is -0.876. The van der Waals surface area contributed by atoms with Crippen LogP contribution in [0.3, 0.4) is 0 Å². The van der Waals surface area contributed by atoms with Crippen LogP contribution in [0.5, 0.6) is 5.75 Å². The Morgan fingerprint density at radius 2 is 1.74 bits per heavy atom. The highest BCUT2D eigenvalue weighted by atomic mass is 32.1. The van der Waals surface area contributed by atoms with E-state index in [0.717, 1.165) is 27.1 Å². The molecule has 1 heterocycles. The molecule has 4 rings (SSSR count). The highest BCUT2D eigenvalue weighted by Gasteiger charge is 2.20. The number of nitrogens with zero attached hydrogens (tertiary/aromatic N) is 1. The van der Waals surface area contributed by atoms with Crippen molar-refractivity contribution in [2.75, 3.05) is 6.61 Å². The van der Waals surface area contributed by atoms with E-state index in [2.05, 4.69) is 5.32 Å². The summed E-state index contributed by atoms with van der Waals surface area (Å²) in [6.45, 7) is 2.44. The molecule has 1 atom stereocenters. The molecule has 8 nitrogen and oxygen atoms in total. The van der Waals surface area contributed by atoms with Crippen molar-refractivity contribution in [1.82, 2.24) is 9.88 Å². The molecule has 1 amide bonds. The van der Waals surface area contributed by atoms with Gasteiger partial charge in [-0.2, -0.15) is 0 Å². The second-order valence-electron chi connectivity index (χ2n) is 8.80. The van der Waals surface area contributed by atoms with Gasteiger partial charge in [0.15, 0.2) is 5.78 Å². The van der Waals surface area contributed by atoms with Crippen LogP contribution in [0.2, 0.25) is 0 Å². The van der Waals surface area contributed by atoms with Gasteiger partial charge in [-0.05, 0) is 42.3 Å². The molecule has 0 saturated heterocycles. The van der Waals surface area contributed by atoms with Crippen LogP contribution in [-0.2, 0) is 22.6 Å². The van der Waals surface area contributed by atoms with Gasteiger partial charge >= 0.3 is 10.8 Å². The maximum Gasteiger partial charge on any atom is 0.326 e. The number of nitrogens with one attached hydrogen (secondary N) is 1. The number of fused-ring (bicyclic) bond motifs is 1. The number of ether oxygens (including phenoxy) is 1. The quantitative estimate of drug-likeness (QED) is 0.263. The third-order valence-corrected chi connectivity index (χ3v) is 6.97. The van der Waals surface area contributed by atoms with Gasteiger partial charge in [0.2, 0.25) is 5.91 Å². The van der Waals surface area contributed by atoms with Gasteiger partial charge in [0.1, 0.15) is 18.4 Å². The van der Waals surface area contributed by atoms with Crippen molar-refractivity contribution in [1.29, 1.82) is 0 Å². The van der Waals surface area contributed by atoms with Crippen molar-refractivity contribution in [2.45, 2.75) is 38.8 Å². The molecule has 38 heavy (non-hydrogen) atoms. The number of aliphatic carboxylic acids is 1. The first-order valence-electron chi connectivity index (χ1n) is 12.3. The van der Waals surface area contributed by atoms with E-state index in [1.807, 2.05) is 25.1 Å². The predicted octanol–water partition coefficient (Wildman–Crippen LogP) is 4.29. The Bertz CT molecular complexity index is 1490. The van der Waals surface area contributed by atoms with E-state index in [4.69, 9.17) is 4.74 Å². The monoisotopic (exact) mass is 532 g/mol. The van der Waals surface area contributed by atoms with Crippen LogP contribution in [0.15, 0.2) is 77.6 Å². The maximum absolute atomic E-state index is 12.8. The molecular formula is C29H28N2O6S. The van der Waals surface area contributed by atoms with Crippen LogP contribution in [0.1, 0.15) is 41.3 Å². The van der Waals surface area contributed by atoms with Crippen molar-refractivity contribution in [2.24, 2.45) is 0 Å². The summed E-state index contributed by atoms with van der Waals surface area (Å²) < 4.78 is 8.17. The molecule has 9 heteroatoms. The first-order valence-corrected chi connectivity index (χ1v) is 13.1. The SMILES string of the molecule is CCCC(=O)N[C@@H](Cc1ccc(OCCn2c(=O)sc3cc(C(=O)c4ccccc4)ccc32)cc1)C(=O)O. The molecule has 0 aliphatic heterocycles. The molecule has 0 spiro atoms. The lowest BCUT2D eigenvalue weighted by Gasteiger charge is -2.15. The van der Waals surface area contributed by atoms with E-state index in [1.165, 1.54) is 0 Å². The van der Waals surface area contributed by atoms with Crippen molar-refractivity contribution >= 4 is 39.2 Å². The fourth-order valence-corrected chi connectivity index (χ4v) is 5.04. The normalized spacial score (nSPS) is 11.7. The predicted molar refractivity (Wildman–Crippen MR) is 146 cm³/mol. The molecule has 0 aliphatic carbocycles. The zero-order valence-electron chi connectivity index (χ0n) is 20.9. The smallest absolute Gasteiger partial charge is 0.326 e. The molecule has 3 aromatic carbocycles. The standard InChI is InChI=1S/C29H28N2O6S/c1-2-6-26(32)30-23(28(34)35)17-19-9-12-22(13-10-19)37-16-15-31-24-14-11-21(18-25(24)38-29(31)36)27(33)20-7-4-3-5-8-20/h3-5,7-14,18,23H,2,6,15-17H2,1H3,(H,30,32)(H,34,35)/t23-/m0/s1. The van der Waals surface area contributed by atoms with Crippen molar-refractivity contribution < 1.29 is 24.2 Å². The summed E-state index contributed by atoms with van der Waals surface area (Å²) >= 11 is 1.09. The van der Waals surface area contributed by atoms with Crippen LogP contribution in [0.4, 0.5) is 0 Å². The second kappa shape index (κ2) is 12.3. The van der Waals surface area contributed by atoms with E-state index in [9.17, 15) is 24.3 Å². The fraction of sp³-hybridized carbons (Fsp3) is 0.241. The number of thiazole rings is 1. The molecule has 0 saturated carbocycles. The molecule has 2 N–H and O–H groups in total. The minimum atomic E-state index is -1.08. The summed E-state index contributed by atoms with van der Waals surface area (Å²) in [6.07, 6.45) is 1.09. The first kappa shape index (κ1) is 26.8. The number of hydrogen-bond acceptors (Lipinski definition) is 6. The molecule has 0 aliphatic rings. The highest BCUT2D eigenvalue weighted by molar-refractivity contribution is 7.16. The van der Waals surface area contributed by atoms with Gasteiger partial charge in [-0.15, -0.1) is 0 Å². The first-order chi connectivity index (χ1) is 18.4. The summed E-state index contributed by atoms with van der Waals surface area (Å²) in [7, 11) is 0. The van der Waals surface area contributed by atoms with Gasteiger partial charge in [0, 0.05) is 24.0 Å². The minimum Gasteiger partial charge on any atom is -0.492 e. The highest BCUT2D eigenvalue weighted by Crippen LogP contribution is 2.21. The minimum absolute atomic E-state index is 0.0929. The van der Waals surface area contributed by atoms with E-state index in [-0.39, 0.29) is 36.0 Å². The van der Waals surface area contributed by atoms with Gasteiger partial charge < -0.3 is 15.2 Å². The Hall–Kier alpha value is -4.24. The van der Waals surface area contributed by atoms with E-state index in [1.54, 1.807) is 59.2 Å². The van der Waals surface area contributed by atoms with Gasteiger partial charge in [0.05, 0.1) is 16.8 Å². The average molecular weight is 533 g/mol. The van der Waals surface area contributed by atoms with Crippen LogP contribution in [0, 0.1) is 0 Å². The Kier molecular flexibility index (Phi) is 8.70. The van der Waals surface area contributed by atoms with Gasteiger partial charge in [-0.1, -0.05) is 60.7 Å². The zero-order valence-corrected chi connectivity index (χ0v) is 21.7. The van der Waals surface area contributed by atoms with Gasteiger partial charge in [-0.25, -0.2) is 4.79 Å². The number of rotatable bonds is 12. The fourth-order valence-electron chi connectivity index (χ4n) is 4.08. The number of amides is 1. The summed E-state index contributed by atoms with van der Waals surface area (Å²) in [4.78, 5) is 48.6. The lowest BCUT2D eigenvalue weighted by Crippen LogP contribution is -2.42. The molecule has 0 fully saturated rings.